The first-order valence-corrected chi connectivity index (χ1v) is 5.62. The molecule has 3 rings (SSSR count). The fourth-order valence-electron chi connectivity index (χ4n) is 2.03. The number of benzene rings is 1. The summed E-state index contributed by atoms with van der Waals surface area (Å²) < 4.78 is 1.83. The average Bonchev–Trinajstić information content (AvgIpc) is 2.75. The van der Waals surface area contributed by atoms with Gasteiger partial charge in [0.25, 0.3) is 0 Å². The summed E-state index contributed by atoms with van der Waals surface area (Å²) in [7, 11) is 1.94. The molecule has 0 bridgehead atoms. The number of fused-ring (bicyclic) bond motifs is 1. The highest BCUT2D eigenvalue weighted by atomic mass is 15.2. The Labute approximate surface area is 99.7 Å². The average molecular weight is 223 g/mol. The van der Waals surface area contributed by atoms with Gasteiger partial charge in [0.2, 0.25) is 0 Å². The zero-order valence-corrected chi connectivity index (χ0v) is 9.67. The number of aromatic nitrogens is 3. The zero-order chi connectivity index (χ0) is 11.7. The van der Waals surface area contributed by atoms with Crippen molar-refractivity contribution in [1.29, 1.82) is 0 Å². The maximum atomic E-state index is 4.32. The molecular formula is C14H13N3. The summed E-state index contributed by atoms with van der Waals surface area (Å²) in [6, 6.07) is 10.4. The lowest BCUT2D eigenvalue weighted by atomic mass is 10.1. The van der Waals surface area contributed by atoms with Gasteiger partial charge in [-0.05, 0) is 29.3 Å². The Kier molecular flexibility index (Phi) is 2.37. The minimum Gasteiger partial charge on any atom is -0.276 e. The molecule has 17 heavy (non-hydrogen) atoms. The quantitative estimate of drug-likeness (QED) is 0.668. The van der Waals surface area contributed by atoms with Crippen LogP contribution in [0.25, 0.3) is 10.9 Å². The highest BCUT2D eigenvalue weighted by Crippen LogP contribution is 2.15. The second kappa shape index (κ2) is 4.01. The summed E-state index contributed by atoms with van der Waals surface area (Å²) in [5.41, 5.74) is 3.57. The number of hydrogen-bond acceptors (Lipinski definition) is 2. The summed E-state index contributed by atoms with van der Waals surface area (Å²) in [6.07, 6.45) is 6.70. The minimum absolute atomic E-state index is 0.915. The molecule has 0 atom stereocenters. The normalized spacial score (nSPS) is 10.9. The molecule has 0 saturated carbocycles. The van der Waals surface area contributed by atoms with Gasteiger partial charge >= 0.3 is 0 Å². The van der Waals surface area contributed by atoms with Gasteiger partial charge in [-0.3, -0.25) is 9.67 Å². The van der Waals surface area contributed by atoms with Crippen LogP contribution < -0.4 is 0 Å². The number of rotatable bonds is 2. The molecule has 0 unspecified atom stereocenters. The maximum Gasteiger partial charge on any atom is 0.0702 e. The van der Waals surface area contributed by atoms with Crippen LogP contribution >= 0.6 is 0 Å². The van der Waals surface area contributed by atoms with Gasteiger partial charge < -0.3 is 0 Å². The molecule has 0 aliphatic heterocycles. The molecule has 0 amide bonds. The van der Waals surface area contributed by atoms with Crippen LogP contribution in [-0.4, -0.2) is 14.8 Å². The van der Waals surface area contributed by atoms with E-state index in [1.54, 1.807) is 0 Å². The highest BCUT2D eigenvalue weighted by Gasteiger charge is 2.00. The SMILES string of the molecule is Cn1cc(Cc2ccc3ncccc3c2)cn1. The van der Waals surface area contributed by atoms with E-state index in [-0.39, 0.29) is 0 Å². The Morgan fingerprint density at radius 3 is 2.94 bits per heavy atom. The molecule has 84 valence electrons. The molecular weight excluding hydrogens is 210 g/mol. The van der Waals surface area contributed by atoms with Gasteiger partial charge in [-0.1, -0.05) is 12.1 Å². The Balaban J connectivity index is 1.95. The Morgan fingerprint density at radius 1 is 1.18 bits per heavy atom. The molecule has 2 aromatic heterocycles. The van der Waals surface area contributed by atoms with Crippen LogP contribution in [0, 0.1) is 0 Å². The third-order valence-electron chi connectivity index (χ3n) is 2.83. The summed E-state index contributed by atoms with van der Waals surface area (Å²) in [5, 5.41) is 5.37. The van der Waals surface area contributed by atoms with E-state index in [0.717, 1.165) is 11.9 Å². The molecule has 3 nitrogen and oxygen atoms in total. The monoisotopic (exact) mass is 223 g/mol. The number of aryl methyl sites for hydroxylation is 1. The van der Waals surface area contributed by atoms with Crippen molar-refractivity contribution in [3.05, 3.63) is 60.0 Å². The molecule has 2 heterocycles. The highest BCUT2D eigenvalue weighted by molar-refractivity contribution is 5.78. The van der Waals surface area contributed by atoms with E-state index < -0.39 is 0 Å². The molecule has 0 saturated heterocycles. The first kappa shape index (κ1) is 10.0. The fraction of sp³-hybridized carbons (Fsp3) is 0.143. The van der Waals surface area contributed by atoms with Gasteiger partial charge in [0.15, 0.2) is 0 Å². The van der Waals surface area contributed by atoms with Crippen LogP contribution in [0.4, 0.5) is 0 Å². The van der Waals surface area contributed by atoms with Crippen molar-refractivity contribution in [3.8, 4) is 0 Å². The molecule has 3 heteroatoms. The lowest BCUT2D eigenvalue weighted by Gasteiger charge is -2.01. The van der Waals surface area contributed by atoms with Crippen molar-refractivity contribution in [2.45, 2.75) is 6.42 Å². The third-order valence-corrected chi connectivity index (χ3v) is 2.83. The molecule has 3 aromatic rings. The fourth-order valence-corrected chi connectivity index (χ4v) is 2.03. The number of nitrogens with zero attached hydrogens (tertiary/aromatic N) is 3. The van der Waals surface area contributed by atoms with Crippen molar-refractivity contribution < 1.29 is 0 Å². The smallest absolute Gasteiger partial charge is 0.0702 e. The Morgan fingerprint density at radius 2 is 2.12 bits per heavy atom. The molecule has 0 aliphatic rings. The van der Waals surface area contributed by atoms with Crippen molar-refractivity contribution in [3.63, 3.8) is 0 Å². The van der Waals surface area contributed by atoms with Crippen molar-refractivity contribution in [2.24, 2.45) is 7.05 Å². The molecule has 0 aliphatic carbocycles. The molecule has 0 N–H and O–H groups in total. The van der Waals surface area contributed by atoms with Gasteiger partial charge in [0.05, 0.1) is 11.7 Å². The Hall–Kier alpha value is -2.16. The summed E-state index contributed by atoms with van der Waals surface area (Å²) in [4.78, 5) is 4.32. The van der Waals surface area contributed by atoms with E-state index in [4.69, 9.17) is 0 Å². The summed E-state index contributed by atoms with van der Waals surface area (Å²) in [6.45, 7) is 0. The van der Waals surface area contributed by atoms with Crippen molar-refractivity contribution in [1.82, 2.24) is 14.8 Å². The maximum absolute atomic E-state index is 4.32. The zero-order valence-electron chi connectivity index (χ0n) is 9.67. The standard InChI is InChI=1S/C14H13N3/c1-17-10-12(9-16-17)7-11-4-5-14-13(8-11)3-2-6-15-14/h2-6,8-10H,7H2,1H3. The summed E-state index contributed by atoms with van der Waals surface area (Å²) in [5.74, 6) is 0. The third kappa shape index (κ3) is 2.04. The van der Waals surface area contributed by atoms with Crippen LogP contribution in [0.2, 0.25) is 0 Å². The van der Waals surface area contributed by atoms with Crippen LogP contribution in [0.15, 0.2) is 48.9 Å². The number of pyridine rings is 1. The molecule has 0 spiro atoms. The Bertz CT molecular complexity index is 655. The largest absolute Gasteiger partial charge is 0.276 e. The van der Waals surface area contributed by atoms with Crippen molar-refractivity contribution in [2.75, 3.05) is 0 Å². The minimum atomic E-state index is 0.915. The first-order valence-electron chi connectivity index (χ1n) is 5.62. The van der Waals surface area contributed by atoms with Gasteiger partial charge in [-0.25, -0.2) is 0 Å². The predicted octanol–water partition coefficient (Wildman–Crippen LogP) is 2.56. The second-order valence-electron chi connectivity index (χ2n) is 4.23. The van der Waals surface area contributed by atoms with Gasteiger partial charge in [-0.2, -0.15) is 5.10 Å². The lowest BCUT2D eigenvalue weighted by molar-refractivity contribution is 0.767. The van der Waals surface area contributed by atoms with Gasteiger partial charge in [0.1, 0.15) is 0 Å². The van der Waals surface area contributed by atoms with E-state index >= 15 is 0 Å². The molecule has 0 radical (unpaired) electrons. The van der Waals surface area contributed by atoms with Gasteiger partial charge in [0, 0.05) is 31.2 Å². The predicted molar refractivity (Wildman–Crippen MR) is 67.8 cm³/mol. The van der Waals surface area contributed by atoms with Gasteiger partial charge in [-0.15, -0.1) is 0 Å². The summed E-state index contributed by atoms with van der Waals surface area (Å²) >= 11 is 0. The van der Waals surface area contributed by atoms with Crippen molar-refractivity contribution >= 4 is 10.9 Å². The molecule has 1 aromatic carbocycles. The van der Waals surface area contributed by atoms with E-state index in [0.29, 0.717) is 0 Å². The van der Waals surface area contributed by atoms with Crippen LogP contribution in [0.1, 0.15) is 11.1 Å². The van der Waals surface area contributed by atoms with E-state index in [2.05, 4.69) is 34.3 Å². The second-order valence-corrected chi connectivity index (χ2v) is 4.23. The van der Waals surface area contributed by atoms with Crippen LogP contribution in [0.3, 0.4) is 0 Å². The van der Waals surface area contributed by atoms with Crippen LogP contribution in [-0.2, 0) is 13.5 Å². The molecule has 0 fully saturated rings. The van der Waals surface area contributed by atoms with Crippen LogP contribution in [0.5, 0.6) is 0 Å². The number of hydrogen-bond donors (Lipinski definition) is 0. The first-order chi connectivity index (χ1) is 8.31. The van der Waals surface area contributed by atoms with E-state index in [1.807, 2.05) is 36.4 Å². The van der Waals surface area contributed by atoms with E-state index in [9.17, 15) is 0 Å². The topological polar surface area (TPSA) is 30.7 Å². The lowest BCUT2D eigenvalue weighted by Crippen LogP contribution is -1.88. The van der Waals surface area contributed by atoms with E-state index in [1.165, 1.54) is 16.5 Å².